The second kappa shape index (κ2) is 5.40. The van der Waals surface area contributed by atoms with E-state index >= 15 is 0 Å². The predicted octanol–water partition coefficient (Wildman–Crippen LogP) is 0.911. The molecule has 6 nitrogen and oxygen atoms in total. The summed E-state index contributed by atoms with van der Waals surface area (Å²) < 4.78 is 9.95. The molecule has 0 saturated carbocycles. The normalized spacial score (nSPS) is 9.76. The van der Waals surface area contributed by atoms with Crippen molar-refractivity contribution >= 4 is 23.5 Å². The lowest BCUT2D eigenvalue weighted by molar-refractivity contribution is -0.119. The predicted molar refractivity (Wildman–Crippen MR) is 59.7 cm³/mol. The zero-order valence-electron chi connectivity index (χ0n) is 8.90. The lowest BCUT2D eigenvalue weighted by Crippen LogP contribution is -2.20. The minimum absolute atomic E-state index is 0.0306. The number of nitrogens with two attached hydrogens (primary N) is 1. The number of rotatable bonds is 5. The highest BCUT2D eigenvalue weighted by atomic mass is 35.5. The number of carboxylic acids is 1. The fraction of sp³-hybridized carbons (Fsp3) is 0.200. The summed E-state index contributed by atoms with van der Waals surface area (Å²) in [7, 11) is 1.33. The van der Waals surface area contributed by atoms with Crippen molar-refractivity contribution in [2.75, 3.05) is 13.7 Å². The van der Waals surface area contributed by atoms with E-state index in [9.17, 15) is 9.59 Å². The van der Waals surface area contributed by atoms with Crippen molar-refractivity contribution in [3.05, 3.63) is 22.7 Å². The second-order valence-corrected chi connectivity index (χ2v) is 3.46. The van der Waals surface area contributed by atoms with Crippen LogP contribution < -0.4 is 15.2 Å². The molecule has 0 aliphatic heterocycles. The maximum absolute atomic E-state index is 10.8. The summed E-state index contributed by atoms with van der Waals surface area (Å²) in [5.74, 6) is -1.62. The first kappa shape index (κ1) is 13.1. The molecule has 0 radical (unpaired) electrons. The van der Waals surface area contributed by atoms with Crippen LogP contribution in [0.3, 0.4) is 0 Å². The average Bonchev–Trinajstić information content (AvgIpc) is 2.25. The van der Waals surface area contributed by atoms with Crippen LogP contribution in [0, 0.1) is 0 Å². The molecule has 0 aromatic heterocycles. The molecule has 1 amide bonds. The number of methoxy groups -OCH3 is 1. The average molecular weight is 260 g/mol. The van der Waals surface area contributed by atoms with Crippen LogP contribution in [-0.2, 0) is 4.79 Å². The van der Waals surface area contributed by atoms with Crippen LogP contribution in [0.5, 0.6) is 11.5 Å². The third kappa shape index (κ3) is 3.25. The third-order valence-electron chi connectivity index (χ3n) is 1.84. The van der Waals surface area contributed by atoms with Gasteiger partial charge in [-0.2, -0.15) is 0 Å². The van der Waals surface area contributed by atoms with E-state index in [1.807, 2.05) is 0 Å². The standard InChI is InChI=1S/C10H10ClNO5/c1-16-7-3-5(10(14)15)2-6(11)9(7)17-4-8(12)13/h2-3H,4H2,1H3,(H2,12,13)(H,14,15). The van der Waals surface area contributed by atoms with Gasteiger partial charge in [0, 0.05) is 0 Å². The van der Waals surface area contributed by atoms with E-state index < -0.39 is 11.9 Å². The fourth-order valence-corrected chi connectivity index (χ4v) is 1.39. The molecule has 0 unspecified atom stereocenters. The van der Waals surface area contributed by atoms with E-state index in [2.05, 4.69) is 0 Å². The van der Waals surface area contributed by atoms with Gasteiger partial charge in [-0.1, -0.05) is 11.6 Å². The molecule has 0 aliphatic carbocycles. The number of hydrogen-bond donors (Lipinski definition) is 2. The van der Waals surface area contributed by atoms with Crippen molar-refractivity contribution in [1.82, 2.24) is 0 Å². The van der Waals surface area contributed by atoms with E-state index in [-0.39, 0.29) is 28.7 Å². The molecule has 0 atom stereocenters. The van der Waals surface area contributed by atoms with Gasteiger partial charge in [-0.3, -0.25) is 4.79 Å². The van der Waals surface area contributed by atoms with Crippen molar-refractivity contribution < 1.29 is 24.2 Å². The fourth-order valence-electron chi connectivity index (χ4n) is 1.13. The number of primary amides is 1. The number of halogens is 1. The number of aromatic carboxylic acids is 1. The summed E-state index contributed by atoms with van der Waals surface area (Å²) >= 11 is 5.82. The zero-order valence-corrected chi connectivity index (χ0v) is 9.65. The Hall–Kier alpha value is -1.95. The Morgan fingerprint density at radius 2 is 2.12 bits per heavy atom. The number of ether oxygens (including phenoxy) is 2. The van der Waals surface area contributed by atoms with Gasteiger partial charge in [0.15, 0.2) is 18.1 Å². The molecule has 0 aliphatic rings. The number of carboxylic acid groups (broad SMARTS) is 1. The van der Waals surface area contributed by atoms with Crippen LogP contribution in [0.15, 0.2) is 12.1 Å². The molecule has 3 N–H and O–H groups in total. The molecule has 1 rings (SSSR count). The summed E-state index contributed by atoms with van der Waals surface area (Å²) in [6.07, 6.45) is 0. The number of carbonyl (C=O) groups is 2. The highest BCUT2D eigenvalue weighted by Crippen LogP contribution is 2.36. The molecule has 7 heteroatoms. The van der Waals surface area contributed by atoms with Crippen molar-refractivity contribution in [3.63, 3.8) is 0 Å². The van der Waals surface area contributed by atoms with Crippen LogP contribution in [-0.4, -0.2) is 30.7 Å². The van der Waals surface area contributed by atoms with Gasteiger partial charge in [0.25, 0.3) is 5.91 Å². The van der Waals surface area contributed by atoms with Gasteiger partial charge in [0.05, 0.1) is 17.7 Å². The van der Waals surface area contributed by atoms with Gasteiger partial charge in [0.1, 0.15) is 0 Å². The molecular formula is C10H10ClNO5. The summed E-state index contributed by atoms with van der Waals surface area (Å²) in [6.45, 7) is -0.373. The largest absolute Gasteiger partial charge is 0.493 e. The molecule has 92 valence electrons. The summed E-state index contributed by atoms with van der Waals surface area (Å²) in [4.78, 5) is 21.3. The molecule has 1 aromatic rings. The minimum atomic E-state index is -1.15. The highest BCUT2D eigenvalue weighted by Gasteiger charge is 2.15. The van der Waals surface area contributed by atoms with Crippen molar-refractivity contribution in [2.45, 2.75) is 0 Å². The number of carbonyl (C=O) groups excluding carboxylic acids is 1. The van der Waals surface area contributed by atoms with Gasteiger partial charge in [-0.05, 0) is 12.1 Å². The molecule has 0 bridgehead atoms. The van der Waals surface area contributed by atoms with Crippen molar-refractivity contribution in [2.24, 2.45) is 5.73 Å². The Bertz CT molecular complexity index is 460. The van der Waals surface area contributed by atoms with Gasteiger partial charge in [-0.15, -0.1) is 0 Å². The Labute approximate surface area is 102 Å². The lowest BCUT2D eigenvalue weighted by Gasteiger charge is -2.11. The van der Waals surface area contributed by atoms with Crippen LogP contribution in [0.2, 0.25) is 5.02 Å². The molecule has 1 aromatic carbocycles. The first-order valence-corrected chi connectivity index (χ1v) is 4.85. The van der Waals surface area contributed by atoms with E-state index in [0.717, 1.165) is 0 Å². The smallest absolute Gasteiger partial charge is 0.335 e. The third-order valence-corrected chi connectivity index (χ3v) is 2.12. The Kier molecular flexibility index (Phi) is 4.17. The molecular weight excluding hydrogens is 250 g/mol. The summed E-state index contributed by atoms with van der Waals surface area (Å²) in [5.41, 5.74) is 4.87. The molecule has 0 fully saturated rings. The first-order chi connectivity index (χ1) is 7.95. The molecule has 0 saturated heterocycles. The van der Waals surface area contributed by atoms with Crippen LogP contribution in [0.25, 0.3) is 0 Å². The number of amides is 1. The van der Waals surface area contributed by atoms with Gasteiger partial charge in [-0.25, -0.2) is 4.79 Å². The number of benzene rings is 1. The number of hydrogen-bond acceptors (Lipinski definition) is 4. The maximum Gasteiger partial charge on any atom is 0.335 e. The Morgan fingerprint density at radius 1 is 1.47 bits per heavy atom. The first-order valence-electron chi connectivity index (χ1n) is 4.47. The van der Waals surface area contributed by atoms with E-state index in [0.29, 0.717) is 0 Å². The monoisotopic (exact) mass is 259 g/mol. The Morgan fingerprint density at radius 3 is 2.59 bits per heavy atom. The summed E-state index contributed by atoms with van der Waals surface area (Å²) in [5, 5.41) is 8.84. The van der Waals surface area contributed by atoms with Crippen LogP contribution in [0.4, 0.5) is 0 Å². The molecule has 17 heavy (non-hydrogen) atoms. The van der Waals surface area contributed by atoms with Crippen LogP contribution >= 0.6 is 11.6 Å². The van der Waals surface area contributed by atoms with Gasteiger partial charge < -0.3 is 20.3 Å². The van der Waals surface area contributed by atoms with E-state index in [1.54, 1.807) is 0 Å². The Balaban J connectivity index is 3.12. The molecule has 0 heterocycles. The summed E-state index contributed by atoms with van der Waals surface area (Å²) in [6, 6.07) is 2.44. The minimum Gasteiger partial charge on any atom is -0.493 e. The topological polar surface area (TPSA) is 98.8 Å². The van der Waals surface area contributed by atoms with Gasteiger partial charge in [0.2, 0.25) is 0 Å². The van der Waals surface area contributed by atoms with Crippen molar-refractivity contribution in [3.8, 4) is 11.5 Å². The van der Waals surface area contributed by atoms with E-state index in [4.69, 9.17) is 31.9 Å². The lowest BCUT2D eigenvalue weighted by atomic mass is 10.2. The molecule has 0 spiro atoms. The quantitative estimate of drug-likeness (QED) is 0.819. The van der Waals surface area contributed by atoms with Crippen molar-refractivity contribution in [1.29, 1.82) is 0 Å². The van der Waals surface area contributed by atoms with Gasteiger partial charge >= 0.3 is 5.97 Å². The second-order valence-electron chi connectivity index (χ2n) is 3.05. The maximum atomic E-state index is 10.8. The van der Waals surface area contributed by atoms with Crippen LogP contribution in [0.1, 0.15) is 10.4 Å². The zero-order chi connectivity index (χ0) is 13.0. The van der Waals surface area contributed by atoms with E-state index in [1.165, 1.54) is 19.2 Å². The SMILES string of the molecule is COc1cc(C(=O)O)cc(Cl)c1OCC(N)=O. The highest BCUT2D eigenvalue weighted by molar-refractivity contribution is 6.32.